The molecular weight excluding hydrogens is 366 g/mol. The van der Waals surface area contributed by atoms with Gasteiger partial charge in [-0.15, -0.1) is 0 Å². The second kappa shape index (κ2) is 8.82. The summed E-state index contributed by atoms with van der Waals surface area (Å²) in [6, 6.07) is 7.61. The number of allylic oxidation sites excluding steroid dienone is 1. The summed E-state index contributed by atoms with van der Waals surface area (Å²) in [5.41, 5.74) is 0.650. The Kier molecular flexibility index (Phi) is 6.23. The molecule has 2 aromatic rings. The third kappa shape index (κ3) is 4.65. The summed E-state index contributed by atoms with van der Waals surface area (Å²) in [6.07, 6.45) is 4.69. The molecule has 0 radical (unpaired) electrons. The van der Waals surface area contributed by atoms with Gasteiger partial charge < -0.3 is 14.7 Å². The first-order chi connectivity index (χ1) is 13.5. The number of anilines is 1. The van der Waals surface area contributed by atoms with Crippen molar-refractivity contribution in [1.82, 2.24) is 4.98 Å². The van der Waals surface area contributed by atoms with Gasteiger partial charge in [-0.1, -0.05) is 12.1 Å². The zero-order valence-electron chi connectivity index (χ0n) is 15.6. The summed E-state index contributed by atoms with van der Waals surface area (Å²) in [4.78, 5) is 16.5. The van der Waals surface area contributed by atoms with Crippen LogP contribution in [-0.4, -0.2) is 29.2 Å². The highest BCUT2D eigenvalue weighted by Crippen LogP contribution is 2.32. The number of hydrogen-bond donors (Lipinski definition) is 1. The lowest BCUT2D eigenvalue weighted by molar-refractivity contribution is -0.137. The molecule has 0 bridgehead atoms. The van der Waals surface area contributed by atoms with Crippen LogP contribution in [0.15, 0.2) is 42.6 Å². The number of pyridine rings is 1. The minimum atomic E-state index is -0.842. The minimum Gasteiger partial charge on any atom is -0.481 e. The van der Waals surface area contributed by atoms with Crippen LogP contribution < -0.4 is 9.64 Å². The predicted molar refractivity (Wildman–Crippen MR) is 102 cm³/mol. The summed E-state index contributed by atoms with van der Waals surface area (Å²) in [5.74, 6) is -1.69. The fraction of sp³-hybridized carbons (Fsp3) is 0.333. The number of carbonyl (C=O) groups is 1. The zero-order chi connectivity index (χ0) is 20.1. The van der Waals surface area contributed by atoms with Gasteiger partial charge in [0.05, 0.1) is 12.3 Å². The van der Waals surface area contributed by atoms with E-state index in [1.54, 1.807) is 24.4 Å². The standard InChI is InChI=1S/C21H22F2N2O3/c1-2-28-19-5-3-4-18(24-19)15-12-16(22)21(17(23)13-15)25-10-8-14(9-11-25)6-7-20(26)27/h3-5,8,10,12-14H,2,6-7,9,11H2,1H3,(H,26,27). The Morgan fingerprint density at radius 2 is 2.07 bits per heavy atom. The normalized spacial score (nSPS) is 16.2. The molecule has 7 heteroatoms. The molecule has 0 fully saturated rings. The molecule has 1 unspecified atom stereocenters. The van der Waals surface area contributed by atoms with Crippen molar-refractivity contribution in [2.75, 3.05) is 18.1 Å². The maximum atomic E-state index is 14.7. The third-order valence-electron chi connectivity index (χ3n) is 4.62. The van der Waals surface area contributed by atoms with E-state index in [9.17, 15) is 13.6 Å². The molecular formula is C21H22F2N2O3. The van der Waals surface area contributed by atoms with Crippen molar-refractivity contribution in [2.24, 2.45) is 5.92 Å². The Bertz CT molecular complexity index is 863. The van der Waals surface area contributed by atoms with Crippen LogP contribution in [0.5, 0.6) is 5.88 Å². The molecule has 2 heterocycles. The van der Waals surface area contributed by atoms with Gasteiger partial charge >= 0.3 is 5.97 Å². The highest BCUT2D eigenvalue weighted by atomic mass is 19.1. The molecule has 1 aromatic carbocycles. The topological polar surface area (TPSA) is 62.7 Å². The number of halogens is 2. The average molecular weight is 388 g/mol. The Balaban J connectivity index is 1.80. The first kappa shape index (κ1) is 19.8. The molecule has 148 valence electrons. The second-order valence-electron chi connectivity index (χ2n) is 6.60. The molecule has 1 N–H and O–H groups in total. The fourth-order valence-electron chi connectivity index (χ4n) is 3.23. The molecule has 1 aliphatic rings. The quantitative estimate of drug-likeness (QED) is 0.749. The monoisotopic (exact) mass is 388 g/mol. The lowest BCUT2D eigenvalue weighted by Crippen LogP contribution is -2.26. The lowest BCUT2D eigenvalue weighted by atomic mass is 9.96. The SMILES string of the molecule is CCOc1cccc(-c2cc(F)c(N3C=CC(CCC(=O)O)CC3)c(F)c2)n1. The van der Waals surface area contributed by atoms with Gasteiger partial charge in [-0.3, -0.25) is 4.79 Å². The van der Waals surface area contributed by atoms with E-state index < -0.39 is 17.6 Å². The van der Waals surface area contributed by atoms with E-state index in [2.05, 4.69) is 4.98 Å². The van der Waals surface area contributed by atoms with Crippen molar-refractivity contribution in [2.45, 2.75) is 26.2 Å². The number of carboxylic acid groups (broad SMARTS) is 1. The van der Waals surface area contributed by atoms with Crippen LogP contribution in [0.25, 0.3) is 11.3 Å². The second-order valence-corrected chi connectivity index (χ2v) is 6.60. The van der Waals surface area contributed by atoms with Crippen LogP contribution in [0.2, 0.25) is 0 Å². The van der Waals surface area contributed by atoms with Gasteiger partial charge in [0.15, 0.2) is 11.6 Å². The van der Waals surface area contributed by atoms with E-state index in [-0.39, 0.29) is 18.0 Å². The smallest absolute Gasteiger partial charge is 0.303 e. The van der Waals surface area contributed by atoms with Crippen LogP contribution in [0, 0.1) is 17.6 Å². The number of hydrogen-bond acceptors (Lipinski definition) is 4. The van der Waals surface area contributed by atoms with Gasteiger partial charge in [0, 0.05) is 30.8 Å². The van der Waals surface area contributed by atoms with E-state index in [4.69, 9.17) is 9.84 Å². The molecule has 5 nitrogen and oxygen atoms in total. The summed E-state index contributed by atoms with van der Waals surface area (Å²) < 4.78 is 34.8. The number of ether oxygens (including phenoxy) is 1. The highest BCUT2D eigenvalue weighted by molar-refractivity contribution is 5.67. The van der Waals surface area contributed by atoms with E-state index >= 15 is 0 Å². The molecule has 0 aliphatic carbocycles. The van der Waals surface area contributed by atoms with Gasteiger partial charge in [0.25, 0.3) is 0 Å². The van der Waals surface area contributed by atoms with Crippen molar-refractivity contribution in [3.05, 3.63) is 54.2 Å². The number of carboxylic acids is 1. The maximum Gasteiger partial charge on any atom is 0.303 e. The van der Waals surface area contributed by atoms with Crippen molar-refractivity contribution in [3.63, 3.8) is 0 Å². The number of benzene rings is 1. The number of rotatable bonds is 7. The van der Waals surface area contributed by atoms with Crippen LogP contribution in [-0.2, 0) is 4.79 Å². The Hall–Kier alpha value is -2.96. The summed E-state index contributed by atoms with van der Waals surface area (Å²) in [6.45, 7) is 2.71. The summed E-state index contributed by atoms with van der Waals surface area (Å²) >= 11 is 0. The molecule has 1 aliphatic heterocycles. The maximum absolute atomic E-state index is 14.7. The molecule has 0 saturated carbocycles. The Morgan fingerprint density at radius 1 is 1.32 bits per heavy atom. The van der Waals surface area contributed by atoms with E-state index in [0.717, 1.165) is 0 Å². The molecule has 3 rings (SSSR count). The molecule has 0 spiro atoms. The summed E-state index contributed by atoms with van der Waals surface area (Å²) in [7, 11) is 0. The largest absolute Gasteiger partial charge is 0.481 e. The van der Waals surface area contributed by atoms with Gasteiger partial charge in [-0.25, -0.2) is 13.8 Å². The Morgan fingerprint density at radius 3 is 2.68 bits per heavy atom. The highest BCUT2D eigenvalue weighted by Gasteiger charge is 2.22. The number of aliphatic carboxylic acids is 1. The van der Waals surface area contributed by atoms with Gasteiger partial charge in [0.1, 0.15) is 5.69 Å². The van der Waals surface area contributed by atoms with E-state index in [1.165, 1.54) is 17.0 Å². The van der Waals surface area contributed by atoms with Gasteiger partial charge in [0.2, 0.25) is 5.88 Å². The van der Waals surface area contributed by atoms with Crippen LogP contribution >= 0.6 is 0 Å². The van der Waals surface area contributed by atoms with Crippen LogP contribution in [0.4, 0.5) is 14.5 Å². The van der Waals surface area contributed by atoms with Crippen LogP contribution in [0.3, 0.4) is 0 Å². The van der Waals surface area contributed by atoms with E-state index in [0.29, 0.717) is 43.1 Å². The van der Waals surface area contributed by atoms with Gasteiger partial charge in [-0.05, 0) is 43.9 Å². The molecule has 28 heavy (non-hydrogen) atoms. The number of nitrogens with zero attached hydrogens (tertiary/aromatic N) is 2. The predicted octanol–water partition coefficient (Wildman–Crippen LogP) is 4.63. The lowest BCUT2D eigenvalue weighted by Gasteiger charge is -2.28. The zero-order valence-corrected chi connectivity index (χ0v) is 15.6. The first-order valence-corrected chi connectivity index (χ1v) is 9.24. The molecule has 1 aromatic heterocycles. The van der Waals surface area contributed by atoms with Crippen molar-refractivity contribution in [1.29, 1.82) is 0 Å². The minimum absolute atomic E-state index is 0.0836. The Labute approximate surface area is 162 Å². The summed E-state index contributed by atoms with van der Waals surface area (Å²) in [5, 5.41) is 8.77. The van der Waals surface area contributed by atoms with Crippen molar-refractivity contribution >= 4 is 11.7 Å². The molecule has 0 amide bonds. The third-order valence-corrected chi connectivity index (χ3v) is 4.62. The van der Waals surface area contributed by atoms with Crippen molar-refractivity contribution < 1.29 is 23.4 Å². The van der Waals surface area contributed by atoms with E-state index in [1.807, 2.05) is 13.0 Å². The molecule has 0 saturated heterocycles. The first-order valence-electron chi connectivity index (χ1n) is 9.24. The number of aromatic nitrogens is 1. The van der Waals surface area contributed by atoms with Crippen molar-refractivity contribution in [3.8, 4) is 17.1 Å². The van der Waals surface area contributed by atoms with Crippen LogP contribution in [0.1, 0.15) is 26.2 Å². The fourth-order valence-corrected chi connectivity index (χ4v) is 3.23. The van der Waals surface area contributed by atoms with Gasteiger partial charge in [-0.2, -0.15) is 0 Å². The molecule has 1 atom stereocenters. The average Bonchev–Trinajstić information content (AvgIpc) is 2.67.